The zero-order valence-corrected chi connectivity index (χ0v) is 25.5. The zero-order valence-electron chi connectivity index (χ0n) is 23.1. The molecule has 0 amide bonds. The Kier molecular flexibility index (Phi) is 9.74. The van der Waals surface area contributed by atoms with E-state index in [-0.39, 0.29) is 33.4 Å². The second-order valence-electron chi connectivity index (χ2n) is 10.9. The van der Waals surface area contributed by atoms with Gasteiger partial charge in [0.05, 0.1) is 18.6 Å². The number of alkyl halides is 1. The van der Waals surface area contributed by atoms with E-state index in [4.69, 9.17) is 9.47 Å². The van der Waals surface area contributed by atoms with Crippen LogP contribution in [0.15, 0.2) is 66.1 Å². The lowest BCUT2D eigenvalue weighted by Crippen LogP contribution is -2.69. The van der Waals surface area contributed by atoms with E-state index in [0.717, 1.165) is 29.7 Å². The van der Waals surface area contributed by atoms with Gasteiger partial charge in [0, 0.05) is 23.9 Å². The first-order chi connectivity index (χ1) is 18.7. The molecule has 5 atom stereocenters. The number of hydrogen-bond donors (Lipinski definition) is 0. The van der Waals surface area contributed by atoms with Crippen LogP contribution in [0.1, 0.15) is 56.6 Å². The fraction of sp³-hybridized carbons (Fsp3) is 0.516. The number of benzene rings is 2. The van der Waals surface area contributed by atoms with Crippen LogP contribution in [-0.2, 0) is 26.2 Å². The van der Waals surface area contributed by atoms with Gasteiger partial charge in [-0.3, -0.25) is 4.79 Å². The van der Waals surface area contributed by atoms with Crippen molar-refractivity contribution in [1.29, 1.82) is 0 Å². The van der Waals surface area contributed by atoms with Gasteiger partial charge in [-0.15, -0.1) is 6.58 Å². The van der Waals surface area contributed by atoms with Crippen LogP contribution in [-0.4, -0.2) is 48.6 Å². The molecule has 1 unspecified atom stereocenters. The summed E-state index contributed by atoms with van der Waals surface area (Å²) in [7, 11) is -2.31. The summed E-state index contributed by atoms with van der Waals surface area (Å²) in [5.74, 6) is 0.794. The Labute approximate surface area is 241 Å². The summed E-state index contributed by atoms with van der Waals surface area (Å²) < 4.78 is 41.5. The van der Waals surface area contributed by atoms with Crippen molar-refractivity contribution in [1.82, 2.24) is 4.31 Å². The molecule has 1 aliphatic heterocycles. The Bertz CT molecular complexity index is 1250. The standard InChI is InChI=1S/C31H40BrNO5S/c1-5-6-25-11-17-29(32)31(33(25)39(35,36)27-14-7-22(2)8-15-27)28(16-18-30(31)34)23(3)19-20-38-21-24-9-12-26(37-4)13-10-24/h5,7-10,12-15,23,25,28-29H,1,6,11,16-21H2,2-4H3/t23?,25-,28+,29-,31+/m0/s1. The molecule has 0 bridgehead atoms. The van der Waals surface area contributed by atoms with E-state index in [0.29, 0.717) is 38.9 Å². The fourth-order valence-corrected chi connectivity index (χ4v) is 9.72. The van der Waals surface area contributed by atoms with Gasteiger partial charge in [0.25, 0.3) is 0 Å². The first-order valence-electron chi connectivity index (χ1n) is 13.8. The van der Waals surface area contributed by atoms with Crippen molar-refractivity contribution in [2.45, 2.75) is 80.3 Å². The van der Waals surface area contributed by atoms with Crippen LogP contribution in [0.5, 0.6) is 5.75 Å². The van der Waals surface area contributed by atoms with Gasteiger partial charge in [0.2, 0.25) is 10.0 Å². The highest BCUT2D eigenvalue weighted by Gasteiger charge is 2.65. The lowest BCUT2D eigenvalue weighted by Gasteiger charge is -2.54. The Balaban J connectivity index is 1.60. The maximum atomic E-state index is 14.4. The topological polar surface area (TPSA) is 72.9 Å². The molecule has 1 heterocycles. The van der Waals surface area contributed by atoms with Gasteiger partial charge in [0.15, 0.2) is 5.78 Å². The summed E-state index contributed by atoms with van der Waals surface area (Å²) in [5.41, 5.74) is 0.915. The molecule has 4 rings (SSSR count). The van der Waals surface area contributed by atoms with Crippen molar-refractivity contribution < 1.29 is 22.7 Å². The number of Topliss-reactive ketones (excluding diaryl/α,β-unsaturated/α-hetero) is 1. The van der Waals surface area contributed by atoms with E-state index in [9.17, 15) is 13.2 Å². The van der Waals surface area contributed by atoms with E-state index in [2.05, 4.69) is 29.4 Å². The highest BCUT2D eigenvalue weighted by Crippen LogP contribution is 2.54. The number of aryl methyl sites for hydroxylation is 1. The quantitative estimate of drug-likeness (QED) is 0.164. The van der Waals surface area contributed by atoms with E-state index >= 15 is 0 Å². The highest BCUT2D eigenvalue weighted by molar-refractivity contribution is 9.09. The number of ketones is 1. The predicted molar refractivity (Wildman–Crippen MR) is 158 cm³/mol. The Morgan fingerprint density at radius 2 is 1.82 bits per heavy atom. The minimum atomic E-state index is -3.95. The molecule has 2 aromatic carbocycles. The van der Waals surface area contributed by atoms with Gasteiger partial charge >= 0.3 is 0 Å². The monoisotopic (exact) mass is 617 g/mol. The number of piperidine rings is 1. The first-order valence-corrected chi connectivity index (χ1v) is 16.1. The van der Waals surface area contributed by atoms with Crippen LogP contribution in [0.2, 0.25) is 0 Å². The highest BCUT2D eigenvalue weighted by atomic mass is 79.9. The average Bonchev–Trinajstić information content (AvgIpc) is 3.26. The maximum Gasteiger partial charge on any atom is 0.244 e. The van der Waals surface area contributed by atoms with Gasteiger partial charge in [-0.25, -0.2) is 8.42 Å². The summed E-state index contributed by atoms with van der Waals surface area (Å²) in [6.45, 7) is 8.99. The van der Waals surface area contributed by atoms with Gasteiger partial charge < -0.3 is 9.47 Å². The number of rotatable bonds is 11. The van der Waals surface area contributed by atoms with Crippen molar-refractivity contribution >= 4 is 31.7 Å². The second-order valence-corrected chi connectivity index (χ2v) is 13.8. The molecular formula is C31H40BrNO5S. The molecule has 0 aromatic heterocycles. The van der Waals surface area contributed by atoms with E-state index in [1.54, 1.807) is 29.6 Å². The average molecular weight is 619 g/mol. The summed E-state index contributed by atoms with van der Waals surface area (Å²) in [5, 5.41) is 0. The molecule has 1 saturated carbocycles. The van der Waals surface area contributed by atoms with Crippen LogP contribution in [0.4, 0.5) is 0 Å². The van der Waals surface area contributed by atoms with Crippen molar-refractivity contribution in [2.75, 3.05) is 13.7 Å². The van der Waals surface area contributed by atoms with Crippen LogP contribution in [0.25, 0.3) is 0 Å². The number of hydrogen-bond acceptors (Lipinski definition) is 5. The Hall–Kier alpha value is -2.00. The van der Waals surface area contributed by atoms with E-state index in [1.807, 2.05) is 43.3 Å². The minimum absolute atomic E-state index is 0.0184. The molecule has 212 valence electrons. The number of nitrogens with zero attached hydrogens (tertiary/aromatic N) is 1. The van der Waals surface area contributed by atoms with E-state index in [1.165, 1.54) is 0 Å². The summed E-state index contributed by atoms with van der Waals surface area (Å²) >= 11 is 3.85. The van der Waals surface area contributed by atoms with Gasteiger partial charge in [-0.1, -0.05) is 58.8 Å². The number of carbonyl (C=O) groups is 1. The Morgan fingerprint density at radius 3 is 2.46 bits per heavy atom. The third-order valence-corrected chi connectivity index (χ3v) is 11.6. The normalized spacial score (nSPS) is 26.6. The summed E-state index contributed by atoms with van der Waals surface area (Å²) in [4.78, 5) is 13.9. The van der Waals surface area contributed by atoms with Crippen molar-refractivity contribution in [3.05, 3.63) is 72.3 Å². The summed E-state index contributed by atoms with van der Waals surface area (Å²) in [6.07, 6.45) is 5.48. The van der Waals surface area contributed by atoms with Crippen molar-refractivity contribution in [3.63, 3.8) is 0 Å². The lowest BCUT2D eigenvalue weighted by atomic mass is 9.71. The van der Waals surface area contributed by atoms with Crippen LogP contribution in [0.3, 0.4) is 0 Å². The molecule has 39 heavy (non-hydrogen) atoms. The van der Waals surface area contributed by atoms with Crippen LogP contribution in [0, 0.1) is 18.8 Å². The Morgan fingerprint density at radius 1 is 1.13 bits per heavy atom. The number of carbonyl (C=O) groups excluding carboxylic acids is 1. The molecule has 1 spiro atoms. The molecule has 6 nitrogen and oxygen atoms in total. The lowest BCUT2D eigenvalue weighted by molar-refractivity contribution is -0.130. The third-order valence-electron chi connectivity index (χ3n) is 8.47. The van der Waals surface area contributed by atoms with Crippen LogP contribution < -0.4 is 4.74 Å². The molecule has 2 aromatic rings. The molecule has 2 aliphatic rings. The third kappa shape index (κ3) is 5.90. The molecule has 1 aliphatic carbocycles. The SMILES string of the molecule is C=CC[C@H]1CC[C@H](Br)[C@]2(C(=O)CC[C@@H]2C(C)CCOCc2ccc(OC)cc2)N1S(=O)(=O)c1ccc(C)cc1. The molecular weight excluding hydrogens is 578 g/mol. The summed E-state index contributed by atoms with van der Waals surface area (Å²) in [6, 6.07) is 14.4. The molecule has 0 radical (unpaired) electrons. The smallest absolute Gasteiger partial charge is 0.244 e. The fourth-order valence-electron chi connectivity index (χ4n) is 6.45. The van der Waals surface area contributed by atoms with Crippen molar-refractivity contribution in [2.24, 2.45) is 11.8 Å². The minimum Gasteiger partial charge on any atom is -0.497 e. The molecule has 2 fully saturated rings. The largest absolute Gasteiger partial charge is 0.497 e. The first kappa shape index (κ1) is 30.0. The molecule has 1 saturated heterocycles. The van der Waals surface area contributed by atoms with E-state index < -0.39 is 15.6 Å². The van der Waals surface area contributed by atoms with Crippen LogP contribution >= 0.6 is 15.9 Å². The number of ether oxygens (including phenoxy) is 2. The van der Waals surface area contributed by atoms with Gasteiger partial charge in [-0.05, 0) is 80.7 Å². The molecule has 8 heteroatoms. The number of sulfonamides is 1. The predicted octanol–water partition coefficient (Wildman–Crippen LogP) is 6.46. The number of methoxy groups -OCH3 is 1. The van der Waals surface area contributed by atoms with Crippen molar-refractivity contribution in [3.8, 4) is 5.75 Å². The second kappa shape index (κ2) is 12.7. The van der Waals surface area contributed by atoms with Gasteiger partial charge in [0.1, 0.15) is 11.3 Å². The molecule has 0 N–H and O–H groups in total. The number of halogens is 1. The van der Waals surface area contributed by atoms with Gasteiger partial charge in [-0.2, -0.15) is 4.31 Å². The zero-order chi connectivity index (χ0) is 28.2. The maximum absolute atomic E-state index is 14.4.